The monoisotopic (exact) mass is 417 g/mol. The van der Waals surface area contributed by atoms with Gasteiger partial charge in [-0.25, -0.2) is 5.43 Å². The molecule has 3 aromatic carbocycles. The fourth-order valence-electron chi connectivity index (χ4n) is 2.72. The van der Waals surface area contributed by atoms with Gasteiger partial charge in [-0.2, -0.15) is 5.10 Å². The van der Waals surface area contributed by atoms with Crippen LogP contribution in [0.2, 0.25) is 0 Å². The highest BCUT2D eigenvalue weighted by Gasteiger charge is 2.06. The van der Waals surface area contributed by atoms with Crippen molar-refractivity contribution in [1.29, 1.82) is 0 Å². The maximum Gasteiger partial charge on any atom is 0.271 e. The molecule has 30 heavy (non-hydrogen) atoms. The number of nitrogens with zero attached hydrogens (tertiary/aromatic N) is 1. The molecule has 2 N–H and O–H groups in total. The second-order valence-electron chi connectivity index (χ2n) is 6.70. The number of hydrazone groups is 1. The Hall–Kier alpha value is -3.38. The van der Waals surface area contributed by atoms with Crippen LogP contribution in [0.1, 0.15) is 35.3 Å². The third-order valence-corrected chi connectivity index (χ3v) is 5.37. The number of benzene rings is 3. The van der Waals surface area contributed by atoms with E-state index >= 15 is 0 Å². The number of hydrogen-bond donors (Lipinski definition) is 2. The summed E-state index contributed by atoms with van der Waals surface area (Å²) in [6.45, 7) is 3.26. The lowest BCUT2D eigenvalue weighted by atomic mass is 10.1. The van der Waals surface area contributed by atoms with Gasteiger partial charge in [0.25, 0.3) is 5.91 Å². The van der Waals surface area contributed by atoms with Gasteiger partial charge in [-0.1, -0.05) is 42.5 Å². The summed E-state index contributed by atoms with van der Waals surface area (Å²) < 4.78 is 0. The van der Waals surface area contributed by atoms with Crippen LogP contribution in [-0.4, -0.2) is 17.5 Å². The molecule has 0 aliphatic rings. The number of hydrogen-bond acceptors (Lipinski definition) is 4. The topological polar surface area (TPSA) is 70.6 Å². The van der Waals surface area contributed by atoms with Crippen LogP contribution in [0.3, 0.4) is 0 Å². The van der Waals surface area contributed by atoms with Gasteiger partial charge >= 0.3 is 0 Å². The number of carbonyl (C=O) groups excluding carboxylic acids is 2. The van der Waals surface area contributed by atoms with Crippen molar-refractivity contribution in [1.82, 2.24) is 5.43 Å². The summed E-state index contributed by atoms with van der Waals surface area (Å²) in [6, 6.07) is 25.0. The summed E-state index contributed by atoms with van der Waals surface area (Å²) in [5, 5.41) is 6.92. The normalized spacial score (nSPS) is 11.1. The first-order valence-electron chi connectivity index (χ1n) is 9.51. The van der Waals surface area contributed by atoms with Crippen molar-refractivity contribution < 1.29 is 9.59 Å². The number of nitrogens with one attached hydrogen (secondary N) is 2. The fraction of sp³-hybridized carbons (Fsp3) is 0.125. The Morgan fingerprint density at radius 1 is 0.867 bits per heavy atom. The minimum absolute atomic E-state index is 0.138. The minimum Gasteiger partial charge on any atom is -0.326 e. The maximum absolute atomic E-state index is 12.4. The van der Waals surface area contributed by atoms with E-state index in [1.54, 1.807) is 36.9 Å². The van der Waals surface area contributed by atoms with Crippen LogP contribution in [-0.2, 0) is 10.5 Å². The van der Waals surface area contributed by atoms with E-state index in [0.717, 1.165) is 16.9 Å². The van der Waals surface area contributed by atoms with Crippen LogP contribution >= 0.6 is 11.8 Å². The predicted octanol–water partition coefficient (Wildman–Crippen LogP) is 5.09. The highest BCUT2D eigenvalue weighted by Crippen LogP contribution is 2.22. The van der Waals surface area contributed by atoms with Crippen LogP contribution in [0.4, 0.5) is 5.69 Å². The molecule has 0 spiro atoms. The van der Waals surface area contributed by atoms with E-state index < -0.39 is 0 Å². The highest BCUT2D eigenvalue weighted by atomic mass is 32.2. The number of anilines is 1. The molecule has 0 aromatic heterocycles. The molecule has 0 radical (unpaired) electrons. The van der Waals surface area contributed by atoms with E-state index in [2.05, 4.69) is 28.0 Å². The average Bonchev–Trinajstić information content (AvgIpc) is 2.76. The molecular weight excluding hydrogens is 394 g/mol. The number of rotatable bonds is 7. The van der Waals surface area contributed by atoms with E-state index in [9.17, 15) is 9.59 Å². The van der Waals surface area contributed by atoms with Gasteiger partial charge in [0.15, 0.2) is 0 Å². The number of carbonyl (C=O) groups is 2. The summed E-state index contributed by atoms with van der Waals surface area (Å²) in [5.41, 5.74) is 6.43. The Labute approximate surface area is 180 Å². The van der Waals surface area contributed by atoms with Gasteiger partial charge in [-0.3, -0.25) is 9.59 Å². The first kappa shape index (κ1) is 21.3. The van der Waals surface area contributed by atoms with Crippen LogP contribution in [0.5, 0.6) is 0 Å². The summed E-state index contributed by atoms with van der Waals surface area (Å²) in [7, 11) is 0. The van der Waals surface area contributed by atoms with Gasteiger partial charge in [-0.05, 0) is 54.4 Å². The SMILES string of the molecule is CC(=O)Nc1cccc(/C(C)=N\NC(=O)c2ccc(CSc3ccccc3)cc2)c1. The van der Waals surface area contributed by atoms with Gasteiger partial charge in [0.05, 0.1) is 5.71 Å². The van der Waals surface area contributed by atoms with Gasteiger partial charge in [0.1, 0.15) is 0 Å². The quantitative estimate of drug-likeness (QED) is 0.319. The molecule has 3 aromatic rings. The predicted molar refractivity (Wildman–Crippen MR) is 123 cm³/mol. The van der Waals surface area contributed by atoms with Gasteiger partial charge in [-0.15, -0.1) is 11.8 Å². The van der Waals surface area contributed by atoms with Crippen molar-refractivity contribution in [2.45, 2.75) is 24.5 Å². The highest BCUT2D eigenvalue weighted by molar-refractivity contribution is 7.98. The van der Waals surface area contributed by atoms with Crippen molar-refractivity contribution in [2.75, 3.05) is 5.32 Å². The standard InChI is InChI=1S/C24H23N3O2S/c1-17(21-7-6-8-22(15-21)25-18(2)28)26-27-24(29)20-13-11-19(12-14-20)16-30-23-9-4-3-5-10-23/h3-15H,16H2,1-2H3,(H,25,28)(H,27,29)/b26-17-. The largest absolute Gasteiger partial charge is 0.326 e. The molecule has 0 bridgehead atoms. The molecule has 6 heteroatoms. The lowest BCUT2D eigenvalue weighted by molar-refractivity contribution is -0.114. The molecule has 2 amide bonds. The molecule has 5 nitrogen and oxygen atoms in total. The molecule has 152 valence electrons. The maximum atomic E-state index is 12.4. The van der Waals surface area contributed by atoms with E-state index in [4.69, 9.17) is 0 Å². The zero-order chi connectivity index (χ0) is 21.3. The van der Waals surface area contributed by atoms with Crippen molar-refractivity contribution in [3.05, 3.63) is 95.6 Å². The molecule has 0 aliphatic heterocycles. The zero-order valence-corrected chi connectivity index (χ0v) is 17.7. The first-order chi connectivity index (χ1) is 14.5. The summed E-state index contributed by atoms with van der Waals surface area (Å²) in [6.07, 6.45) is 0. The van der Waals surface area contributed by atoms with Crippen LogP contribution < -0.4 is 10.7 Å². The van der Waals surface area contributed by atoms with E-state index in [1.807, 2.05) is 48.5 Å². The molecule has 0 aliphatic carbocycles. The fourth-order valence-corrected chi connectivity index (χ4v) is 3.60. The van der Waals surface area contributed by atoms with Gasteiger partial charge in [0.2, 0.25) is 5.91 Å². The summed E-state index contributed by atoms with van der Waals surface area (Å²) in [4.78, 5) is 24.8. The molecule has 0 unspecified atom stereocenters. The van der Waals surface area contributed by atoms with Gasteiger partial charge < -0.3 is 5.32 Å². The Morgan fingerprint density at radius 2 is 1.60 bits per heavy atom. The van der Waals surface area contributed by atoms with Crippen LogP contribution in [0, 0.1) is 0 Å². The Balaban J connectivity index is 1.58. The molecule has 0 saturated heterocycles. The lowest BCUT2D eigenvalue weighted by Crippen LogP contribution is -2.19. The molecular formula is C24H23N3O2S. The van der Waals surface area contributed by atoms with Crippen LogP contribution in [0.25, 0.3) is 0 Å². The van der Waals surface area contributed by atoms with E-state index in [0.29, 0.717) is 17.0 Å². The molecule has 0 atom stereocenters. The minimum atomic E-state index is -0.269. The number of amides is 2. The van der Waals surface area contributed by atoms with E-state index in [1.165, 1.54) is 11.8 Å². The van der Waals surface area contributed by atoms with Crippen molar-refractivity contribution in [3.8, 4) is 0 Å². The third kappa shape index (κ3) is 6.32. The molecule has 0 heterocycles. The molecule has 3 rings (SSSR count). The Bertz CT molecular complexity index is 1050. The average molecular weight is 418 g/mol. The number of thioether (sulfide) groups is 1. The second kappa shape index (κ2) is 10.4. The first-order valence-corrected chi connectivity index (χ1v) is 10.5. The summed E-state index contributed by atoms with van der Waals surface area (Å²) in [5.74, 6) is 0.434. The molecule has 0 fully saturated rings. The molecule has 0 saturated carbocycles. The lowest BCUT2D eigenvalue weighted by Gasteiger charge is -2.07. The van der Waals surface area contributed by atoms with Crippen molar-refractivity contribution in [2.24, 2.45) is 5.10 Å². The van der Waals surface area contributed by atoms with Gasteiger partial charge in [0, 0.05) is 28.8 Å². The van der Waals surface area contributed by atoms with Crippen molar-refractivity contribution >= 4 is 35.0 Å². The van der Waals surface area contributed by atoms with Crippen LogP contribution in [0.15, 0.2) is 88.9 Å². The van der Waals surface area contributed by atoms with Crippen molar-refractivity contribution in [3.63, 3.8) is 0 Å². The zero-order valence-electron chi connectivity index (χ0n) is 16.9. The van der Waals surface area contributed by atoms with E-state index in [-0.39, 0.29) is 11.8 Å². The second-order valence-corrected chi connectivity index (χ2v) is 7.75. The smallest absolute Gasteiger partial charge is 0.271 e. The summed E-state index contributed by atoms with van der Waals surface area (Å²) >= 11 is 1.76. The Morgan fingerprint density at radius 3 is 2.30 bits per heavy atom. The Kier molecular flexibility index (Phi) is 7.40. The third-order valence-electron chi connectivity index (χ3n) is 4.29.